The molecule has 106 valence electrons. The minimum Gasteiger partial charge on any atom is -0.476 e. The number of carbonyl (C=O) groups is 2. The second kappa shape index (κ2) is 6.31. The van der Waals surface area contributed by atoms with Crippen LogP contribution in [0.15, 0.2) is 18.6 Å². The van der Waals surface area contributed by atoms with Crippen molar-refractivity contribution in [3.8, 4) is 0 Å². The van der Waals surface area contributed by atoms with Crippen molar-refractivity contribution in [2.75, 3.05) is 6.54 Å². The van der Waals surface area contributed by atoms with Crippen molar-refractivity contribution in [3.63, 3.8) is 0 Å². The summed E-state index contributed by atoms with van der Waals surface area (Å²) in [5, 5.41) is 27.4. The fraction of sp³-hybridized carbons (Fsp3) is 0.300. The van der Waals surface area contributed by atoms with Crippen molar-refractivity contribution in [2.24, 2.45) is 0 Å². The summed E-state index contributed by atoms with van der Waals surface area (Å²) in [5.41, 5.74) is 0.733. The average molecular weight is 279 g/mol. The van der Waals surface area contributed by atoms with Crippen molar-refractivity contribution < 1.29 is 14.7 Å². The quantitative estimate of drug-likeness (QED) is 0.546. The number of carboxylic acids is 1. The Hall–Kier alpha value is -2.91. The van der Waals surface area contributed by atoms with Gasteiger partial charge in [0.1, 0.15) is 0 Å². The van der Waals surface area contributed by atoms with Crippen LogP contribution in [0, 0.1) is 0 Å². The van der Waals surface area contributed by atoms with Crippen LogP contribution in [0.1, 0.15) is 16.1 Å². The smallest absolute Gasteiger partial charge is 0.358 e. The molecule has 0 spiro atoms. The van der Waals surface area contributed by atoms with E-state index in [2.05, 4.69) is 31.1 Å². The number of nitrogens with one attached hydrogen (secondary N) is 3. The highest BCUT2D eigenvalue weighted by atomic mass is 16.4. The van der Waals surface area contributed by atoms with E-state index >= 15 is 0 Å². The first-order chi connectivity index (χ1) is 9.65. The second-order valence-electron chi connectivity index (χ2n) is 3.89. The third-order valence-corrected chi connectivity index (χ3v) is 2.39. The van der Waals surface area contributed by atoms with E-state index in [4.69, 9.17) is 5.11 Å². The molecule has 0 saturated carbocycles. The van der Waals surface area contributed by atoms with E-state index < -0.39 is 5.97 Å². The summed E-state index contributed by atoms with van der Waals surface area (Å²) < 4.78 is 1.35. The molecule has 2 heterocycles. The standard InChI is InChI=1S/C10H13N7O3/c18-9(19)8-6-17(16-15-8)2-1-11-10(20)12-3-7-4-13-14-5-7/h4-6H,1-3H2,(H,13,14)(H,18,19)(H2,11,12,20). The van der Waals surface area contributed by atoms with Gasteiger partial charge < -0.3 is 15.7 Å². The van der Waals surface area contributed by atoms with Crippen LogP contribution in [-0.2, 0) is 13.1 Å². The Balaban J connectivity index is 1.67. The van der Waals surface area contributed by atoms with Gasteiger partial charge in [-0.15, -0.1) is 5.10 Å². The first-order valence-electron chi connectivity index (χ1n) is 5.78. The van der Waals surface area contributed by atoms with Crippen LogP contribution >= 0.6 is 0 Å². The average Bonchev–Trinajstić information content (AvgIpc) is 3.07. The van der Waals surface area contributed by atoms with Crippen LogP contribution in [0.5, 0.6) is 0 Å². The van der Waals surface area contributed by atoms with Gasteiger partial charge in [-0.05, 0) is 0 Å². The Kier molecular flexibility index (Phi) is 4.27. The molecule has 0 fully saturated rings. The Morgan fingerprint density at radius 2 is 2.25 bits per heavy atom. The predicted molar refractivity (Wildman–Crippen MR) is 65.8 cm³/mol. The topological polar surface area (TPSA) is 138 Å². The minimum absolute atomic E-state index is 0.130. The van der Waals surface area contributed by atoms with Crippen LogP contribution in [0.4, 0.5) is 4.79 Å². The maximum atomic E-state index is 11.4. The van der Waals surface area contributed by atoms with Crippen LogP contribution in [0.3, 0.4) is 0 Å². The van der Waals surface area contributed by atoms with E-state index in [0.29, 0.717) is 19.6 Å². The maximum Gasteiger partial charge on any atom is 0.358 e. The van der Waals surface area contributed by atoms with Gasteiger partial charge in [-0.1, -0.05) is 5.21 Å². The number of aromatic nitrogens is 5. The summed E-state index contributed by atoms with van der Waals surface area (Å²) >= 11 is 0. The van der Waals surface area contributed by atoms with E-state index in [1.165, 1.54) is 10.9 Å². The van der Waals surface area contributed by atoms with Gasteiger partial charge in [0.25, 0.3) is 0 Å². The zero-order chi connectivity index (χ0) is 14.4. The highest BCUT2D eigenvalue weighted by molar-refractivity contribution is 5.84. The van der Waals surface area contributed by atoms with Crippen LogP contribution in [0.25, 0.3) is 0 Å². The van der Waals surface area contributed by atoms with Crippen molar-refractivity contribution in [2.45, 2.75) is 13.1 Å². The molecule has 0 aliphatic carbocycles. The largest absolute Gasteiger partial charge is 0.476 e. The lowest BCUT2D eigenvalue weighted by Crippen LogP contribution is -2.36. The Bertz CT molecular complexity index is 577. The lowest BCUT2D eigenvalue weighted by molar-refractivity contribution is 0.0690. The molecule has 0 bridgehead atoms. The predicted octanol–water partition coefficient (Wildman–Crippen LogP) is -0.801. The summed E-state index contributed by atoms with van der Waals surface area (Å²) in [6.07, 6.45) is 4.60. The third kappa shape index (κ3) is 3.80. The number of carboxylic acid groups (broad SMARTS) is 1. The molecule has 20 heavy (non-hydrogen) atoms. The Morgan fingerprint density at radius 3 is 2.90 bits per heavy atom. The zero-order valence-electron chi connectivity index (χ0n) is 10.4. The van der Waals surface area contributed by atoms with Crippen molar-refractivity contribution in [1.29, 1.82) is 0 Å². The molecule has 2 aromatic heterocycles. The second-order valence-corrected chi connectivity index (χ2v) is 3.89. The molecule has 10 heteroatoms. The van der Waals surface area contributed by atoms with Crippen LogP contribution in [0.2, 0.25) is 0 Å². The van der Waals surface area contributed by atoms with E-state index in [1.807, 2.05) is 0 Å². The monoisotopic (exact) mass is 279 g/mol. The van der Waals surface area contributed by atoms with Gasteiger partial charge in [0.15, 0.2) is 5.69 Å². The van der Waals surface area contributed by atoms with E-state index in [9.17, 15) is 9.59 Å². The number of H-pyrrole nitrogens is 1. The van der Waals surface area contributed by atoms with Crippen LogP contribution in [-0.4, -0.2) is 48.8 Å². The third-order valence-electron chi connectivity index (χ3n) is 2.39. The molecule has 2 aromatic rings. The minimum atomic E-state index is -1.14. The normalized spacial score (nSPS) is 10.2. The Labute approximate surface area is 113 Å². The first kappa shape index (κ1) is 13.5. The zero-order valence-corrected chi connectivity index (χ0v) is 10.4. The number of aromatic amines is 1. The number of hydrogen-bond acceptors (Lipinski definition) is 5. The number of aromatic carboxylic acids is 1. The summed E-state index contributed by atoms with van der Waals surface area (Å²) in [6.45, 7) is 1.01. The number of nitrogens with zero attached hydrogens (tertiary/aromatic N) is 4. The first-order valence-corrected chi connectivity index (χ1v) is 5.78. The van der Waals surface area contributed by atoms with Gasteiger partial charge in [-0.25, -0.2) is 14.3 Å². The fourth-order valence-electron chi connectivity index (χ4n) is 1.41. The number of rotatable bonds is 6. The lowest BCUT2D eigenvalue weighted by atomic mass is 10.4. The Morgan fingerprint density at radius 1 is 1.40 bits per heavy atom. The molecule has 2 rings (SSSR count). The van der Waals surface area contributed by atoms with Gasteiger partial charge >= 0.3 is 12.0 Å². The number of hydrogen-bond donors (Lipinski definition) is 4. The number of urea groups is 1. The molecule has 0 atom stereocenters. The molecular formula is C10H13N7O3. The molecule has 4 N–H and O–H groups in total. The van der Waals surface area contributed by atoms with Crippen molar-refractivity contribution >= 4 is 12.0 Å². The van der Waals surface area contributed by atoms with Gasteiger partial charge in [-0.2, -0.15) is 5.10 Å². The summed E-state index contributed by atoms with van der Waals surface area (Å²) in [7, 11) is 0. The molecular weight excluding hydrogens is 266 g/mol. The van der Waals surface area contributed by atoms with Gasteiger partial charge in [0.2, 0.25) is 0 Å². The summed E-state index contributed by atoms with van der Waals surface area (Å²) in [5.74, 6) is -1.14. The van der Waals surface area contributed by atoms with Gasteiger partial charge in [-0.3, -0.25) is 5.10 Å². The van der Waals surface area contributed by atoms with E-state index in [0.717, 1.165) is 5.56 Å². The SMILES string of the molecule is O=C(NCCn1cc(C(=O)O)nn1)NCc1cn[nH]c1. The van der Waals surface area contributed by atoms with Crippen molar-refractivity contribution in [3.05, 3.63) is 29.8 Å². The van der Waals surface area contributed by atoms with Gasteiger partial charge in [0, 0.05) is 24.8 Å². The number of carbonyl (C=O) groups excluding carboxylic acids is 1. The lowest BCUT2D eigenvalue weighted by Gasteiger charge is -2.06. The molecule has 0 unspecified atom stereocenters. The van der Waals surface area contributed by atoms with Crippen molar-refractivity contribution in [1.82, 2.24) is 35.8 Å². The molecule has 0 saturated heterocycles. The number of amides is 2. The molecule has 0 aromatic carbocycles. The highest BCUT2D eigenvalue weighted by Gasteiger charge is 2.08. The maximum absolute atomic E-state index is 11.4. The van der Waals surface area contributed by atoms with E-state index in [1.54, 1.807) is 12.4 Å². The molecule has 0 radical (unpaired) electrons. The van der Waals surface area contributed by atoms with Gasteiger partial charge in [0.05, 0.1) is 18.9 Å². The van der Waals surface area contributed by atoms with E-state index in [-0.39, 0.29) is 11.7 Å². The van der Waals surface area contributed by atoms with Crippen LogP contribution < -0.4 is 10.6 Å². The fourth-order valence-corrected chi connectivity index (χ4v) is 1.41. The summed E-state index contributed by atoms with van der Waals surface area (Å²) in [4.78, 5) is 22.0. The highest BCUT2D eigenvalue weighted by Crippen LogP contribution is 1.92. The molecule has 0 aliphatic heterocycles. The molecule has 10 nitrogen and oxygen atoms in total. The molecule has 0 aliphatic rings. The molecule has 2 amide bonds. The summed E-state index contributed by atoms with van der Waals surface area (Å²) in [6, 6.07) is -0.329.